The lowest BCUT2D eigenvalue weighted by Gasteiger charge is -2.07. The summed E-state index contributed by atoms with van der Waals surface area (Å²) in [6, 6.07) is 32.5. The van der Waals surface area contributed by atoms with Gasteiger partial charge in [0.15, 0.2) is 5.13 Å². The highest BCUT2D eigenvalue weighted by atomic mass is 35.5. The van der Waals surface area contributed by atoms with Crippen LogP contribution in [0, 0.1) is 11.3 Å². The molecule has 0 bridgehead atoms. The summed E-state index contributed by atoms with van der Waals surface area (Å²) in [7, 11) is 0. The van der Waals surface area contributed by atoms with Crippen molar-refractivity contribution in [2.75, 3.05) is 5.32 Å². The molecule has 1 amide bonds. The number of rotatable bonds is 8. The van der Waals surface area contributed by atoms with Gasteiger partial charge in [-0.05, 0) is 54.1 Å². The summed E-state index contributed by atoms with van der Waals surface area (Å²) in [5, 5.41) is 21.4. The van der Waals surface area contributed by atoms with Crippen molar-refractivity contribution >= 4 is 56.8 Å². The zero-order chi connectivity index (χ0) is 28.9. The molecule has 0 saturated heterocycles. The van der Waals surface area contributed by atoms with E-state index in [0.717, 1.165) is 44.1 Å². The topological polar surface area (TPSA) is 95.1 Å². The molecule has 2 heterocycles. The number of nitrogens with zero attached hydrogens (tertiary/aromatic N) is 4. The third-order valence-electron chi connectivity index (χ3n) is 6.71. The molecule has 2 aromatic heterocycles. The average molecular weight is 587 g/mol. The van der Waals surface area contributed by atoms with E-state index in [1.165, 1.54) is 11.3 Å². The molecule has 0 saturated carbocycles. The van der Waals surface area contributed by atoms with Gasteiger partial charge in [-0.25, -0.2) is 10.4 Å². The summed E-state index contributed by atoms with van der Waals surface area (Å²) in [5.74, 6) is -0.312. The first-order valence-corrected chi connectivity index (χ1v) is 14.3. The zero-order valence-corrected chi connectivity index (χ0v) is 23.7. The Bertz CT molecular complexity index is 1950. The number of nitriles is 1. The van der Waals surface area contributed by atoms with E-state index in [9.17, 15) is 10.1 Å². The lowest BCUT2D eigenvalue weighted by Crippen LogP contribution is -2.17. The normalized spacial score (nSPS) is 11.0. The zero-order valence-electron chi connectivity index (χ0n) is 22.2. The van der Waals surface area contributed by atoms with Gasteiger partial charge in [-0.2, -0.15) is 10.4 Å². The third kappa shape index (κ3) is 5.93. The van der Waals surface area contributed by atoms with Gasteiger partial charge in [-0.3, -0.25) is 4.79 Å². The fourth-order valence-electron chi connectivity index (χ4n) is 4.60. The largest absolute Gasteiger partial charge is 0.342 e. The van der Waals surface area contributed by atoms with Gasteiger partial charge in [0.1, 0.15) is 0 Å². The number of nitrogens with one attached hydrogen (secondary N) is 2. The quantitative estimate of drug-likeness (QED) is 0.140. The molecule has 0 aliphatic carbocycles. The SMILES string of the molecule is N#Cc1ccccc1Cn1cc(/C=N\NC(=O)c2ccc(-c3csc(Nc4ccc(Cl)cc4)n3)cc2)c2ccccc21. The van der Waals surface area contributed by atoms with Crippen LogP contribution in [-0.4, -0.2) is 21.7 Å². The van der Waals surface area contributed by atoms with Crippen LogP contribution in [0.2, 0.25) is 5.02 Å². The highest BCUT2D eigenvalue weighted by Gasteiger charge is 2.11. The number of anilines is 2. The second-order valence-corrected chi connectivity index (χ2v) is 10.7. The highest BCUT2D eigenvalue weighted by Crippen LogP contribution is 2.28. The van der Waals surface area contributed by atoms with E-state index >= 15 is 0 Å². The minimum Gasteiger partial charge on any atom is -0.342 e. The van der Waals surface area contributed by atoms with E-state index in [4.69, 9.17) is 11.6 Å². The first-order valence-electron chi connectivity index (χ1n) is 13.1. The number of carbonyl (C=O) groups is 1. The van der Waals surface area contributed by atoms with Gasteiger partial charge < -0.3 is 9.88 Å². The summed E-state index contributed by atoms with van der Waals surface area (Å²) in [6.45, 7) is 0.550. The van der Waals surface area contributed by atoms with Gasteiger partial charge in [0.05, 0.1) is 23.5 Å². The average Bonchev–Trinajstić information content (AvgIpc) is 3.63. The van der Waals surface area contributed by atoms with Crippen molar-refractivity contribution < 1.29 is 4.79 Å². The number of hydrazone groups is 1. The molecule has 0 aliphatic heterocycles. The van der Waals surface area contributed by atoms with Gasteiger partial charge in [0, 0.05) is 56.4 Å². The van der Waals surface area contributed by atoms with Crippen LogP contribution in [0.4, 0.5) is 10.8 Å². The minimum atomic E-state index is -0.312. The second kappa shape index (κ2) is 12.1. The molecule has 0 unspecified atom stereocenters. The van der Waals surface area contributed by atoms with Crippen molar-refractivity contribution in [3.63, 3.8) is 0 Å². The predicted molar refractivity (Wildman–Crippen MR) is 170 cm³/mol. The molecule has 204 valence electrons. The molecule has 0 fully saturated rings. The fraction of sp³-hybridized carbons (Fsp3) is 0.0303. The summed E-state index contributed by atoms with van der Waals surface area (Å²) in [5.41, 5.74) is 9.20. The summed E-state index contributed by atoms with van der Waals surface area (Å²) >= 11 is 7.46. The molecule has 0 aliphatic rings. The highest BCUT2D eigenvalue weighted by molar-refractivity contribution is 7.14. The maximum absolute atomic E-state index is 12.8. The van der Waals surface area contributed by atoms with Crippen LogP contribution in [0.3, 0.4) is 0 Å². The maximum atomic E-state index is 12.8. The van der Waals surface area contributed by atoms with E-state index in [-0.39, 0.29) is 5.91 Å². The summed E-state index contributed by atoms with van der Waals surface area (Å²) in [6.07, 6.45) is 3.62. The first-order chi connectivity index (χ1) is 20.6. The molecule has 4 aromatic carbocycles. The van der Waals surface area contributed by atoms with Crippen molar-refractivity contribution in [2.24, 2.45) is 5.10 Å². The summed E-state index contributed by atoms with van der Waals surface area (Å²) < 4.78 is 2.09. The molecule has 6 aromatic rings. The lowest BCUT2D eigenvalue weighted by atomic mass is 10.1. The number of thiazole rings is 1. The van der Waals surface area contributed by atoms with Crippen LogP contribution in [0.15, 0.2) is 114 Å². The van der Waals surface area contributed by atoms with Gasteiger partial charge in [0.2, 0.25) is 0 Å². The monoisotopic (exact) mass is 586 g/mol. The van der Waals surface area contributed by atoms with E-state index in [1.807, 2.05) is 96.5 Å². The molecule has 9 heteroatoms. The number of carbonyl (C=O) groups excluding carboxylic acids is 1. The number of benzene rings is 4. The Labute approximate surface area is 251 Å². The van der Waals surface area contributed by atoms with Crippen LogP contribution in [0.25, 0.3) is 22.2 Å². The fourth-order valence-corrected chi connectivity index (χ4v) is 5.46. The van der Waals surface area contributed by atoms with Gasteiger partial charge >= 0.3 is 0 Å². The molecular weight excluding hydrogens is 564 g/mol. The van der Waals surface area contributed by atoms with E-state index in [0.29, 0.717) is 22.7 Å². The van der Waals surface area contributed by atoms with Crippen LogP contribution < -0.4 is 10.7 Å². The van der Waals surface area contributed by atoms with Crippen LogP contribution >= 0.6 is 22.9 Å². The number of fused-ring (bicyclic) bond motifs is 1. The number of hydrogen-bond donors (Lipinski definition) is 2. The first kappa shape index (κ1) is 27.0. The molecule has 42 heavy (non-hydrogen) atoms. The maximum Gasteiger partial charge on any atom is 0.271 e. The predicted octanol–water partition coefficient (Wildman–Crippen LogP) is 7.85. The molecule has 0 atom stereocenters. The lowest BCUT2D eigenvalue weighted by molar-refractivity contribution is 0.0955. The number of halogens is 1. The van der Waals surface area contributed by atoms with Crippen LogP contribution in [-0.2, 0) is 6.54 Å². The number of aromatic nitrogens is 2. The Morgan fingerprint density at radius 1 is 1.00 bits per heavy atom. The van der Waals surface area contributed by atoms with Crippen molar-refractivity contribution in [1.29, 1.82) is 5.26 Å². The van der Waals surface area contributed by atoms with E-state index in [2.05, 4.69) is 31.5 Å². The van der Waals surface area contributed by atoms with Gasteiger partial charge in [-0.15, -0.1) is 11.3 Å². The second-order valence-electron chi connectivity index (χ2n) is 9.44. The third-order valence-corrected chi connectivity index (χ3v) is 7.72. The number of para-hydroxylation sites is 1. The molecule has 7 nitrogen and oxygen atoms in total. The van der Waals surface area contributed by atoms with Gasteiger partial charge in [-0.1, -0.05) is 60.1 Å². The number of hydrogen-bond acceptors (Lipinski definition) is 6. The molecule has 6 rings (SSSR count). The summed E-state index contributed by atoms with van der Waals surface area (Å²) in [4.78, 5) is 17.5. The Hall–Kier alpha value is -5.23. The number of amides is 1. The van der Waals surface area contributed by atoms with Crippen molar-refractivity contribution in [1.82, 2.24) is 15.0 Å². The molecule has 0 radical (unpaired) electrons. The minimum absolute atomic E-state index is 0.312. The van der Waals surface area contributed by atoms with Crippen LogP contribution in [0.5, 0.6) is 0 Å². The van der Waals surface area contributed by atoms with Crippen molar-refractivity contribution in [3.05, 3.63) is 136 Å². The van der Waals surface area contributed by atoms with Crippen LogP contribution in [0.1, 0.15) is 27.0 Å². The Kier molecular flexibility index (Phi) is 7.77. The van der Waals surface area contributed by atoms with E-state index in [1.54, 1.807) is 18.3 Å². The van der Waals surface area contributed by atoms with E-state index < -0.39 is 0 Å². The molecular formula is C33H23ClN6OS. The van der Waals surface area contributed by atoms with Crippen molar-refractivity contribution in [2.45, 2.75) is 6.54 Å². The van der Waals surface area contributed by atoms with Crippen molar-refractivity contribution in [3.8, 4) is 17.3 Å². The standard InChI is InChI=1S/C33H23ClN6OS/c34-27-13-15-28(16-14-27)37-33-38-30(21-42-33)22-9-11-23(12-10-22)32(41)39-36-18-26-20-40(31-8-4-3-7-29(26)31)19-25-6-2-1-5-24(25)17-35/h1-16,18,20-21H,19H2,(H,37,38)(H,39,41)/b36-18-. The Morgan fingerprint density at radius 2 is 1.76 bits per heavy atom. The Balaban J connectivity index is 1.12. The molecule has 2 N–H and O–H groups in total. The Morgan fingerprint density at radius 3 is 2.57 bits per heavy atom. The van der Waals surface area contributed by atoms with Gasteiger partial charge in [0.25, 0.3) is 5.91 Å². The smallest absolute Gasteiger partial charge is 0.271 e. The molecule has 0 spiro atoms.